The molecule has 4 nitrogen and oxygen atoms in total. The van der Waals surface area contributed by atoms with Crippen LogP contribution in [0.2, 0.25) is 5.02 Å². The zero-order valence-electron chi connectivity index (χ0n) is 12.0. The lowest BCUT2D eigenvalue weighted by atomic mass is 10.2. The van der Waals surface area contributed by atoms with Crippen molar-refractivity contribution in [3.8, 4) is 0 Å². The molecule has 5 heteroatoms. The van der Waals surface area contributed by atoms with E-state index in [1.54, 1.807) is 18.9 Å². The van der Waals surface area contributed by atoms with E-state index >= 15 is 0 Å². The Kier molecular flexibility index (Phi) is 6.12. The third-order valence-corrected chi connectivity index (χ3v) is 3.18. The van der Waals surface area contributed by atoms with Gasteiger partial charge < -0.3 is 15.1 Å². The van der Waals surface area contributed by atoms with E-state index in [0.29, 0.717) is 11.6 Å². The number of rotatable bonds is 6. The molecule has 0 aliphatic carbocycles. The first-order chi connectivity index (χ1) is 8.90. The summed E-state index contributed by atoms with van der Waals surface area (Å²) in [7, 11) is 5.84. The number of anilines is 1. The summed E-state index contributed by atoms with van der Waals surface area (Å²) in [4.78, 5) is 14.9. The SMILES string of the molecule is CC(=O)N(C)Cc1ccc(NCCN(C)C)c(Cl)c1. The quantitative estimate of drug-likeness (QED) is 0.870. The first-order valence-corrected chi connectivity index (χ1v) is 6.66. The smallest absolute Gasteiger partial charge is 0.219 e. The van der Waals surface area contributed by atoms with Crippen molar-refractivity contribution in [3.63, 3.8) is 0 Å². The van der Waals surface area contributed by atoms with Gasteiger partial charge in [0.05, 0.1) is 10.7 Å². The lowest BCUT2D eigenvalue weighted by Crippen LogP contribution is -2.23. The molecule has 1 N–H and O–H groups in total. The Hall–Kier alpha value is -1.26. The molecule has 1 aromatic rings. The second-order valence-corrected chi connectivity index (χ2v) is 5.33. The summed E-state index contributed by atoms with van der Waals surface area (Å²) in [5.41, 5.74) is 1.96. The molecule has 0 bridgehead atoms. The molecule has 0 spiro atoms. The van der Waals surface area contributed by atoms with Crippen LogP contribution in [0.15, 0.2) is 18.2 Å². The van der Waals surface area contributed by atoms with Crippen molar-refractivity contribution in [2.45, 2.75) is 13.5 Å². The summed E-state index contributed by atoms with van der Waals surface area (Å²) >= 11 is 6.23. The Labute approximate surface area is 120 Å². The summed E-state index contributed by atoms with van der Waals surface area (Å²) in [6.45, 7) is 3.93. The van der Waals surface area contributed by atoms with E-state index in [-0.39, 0.29) is 5.91 Å². The van der Waals surface area contributed by atoms with Gasteiger partial charge in [-0.25, -0.2) is 0 Å². The number of hydrogen-bond donors (Lipinski definition) is 1. The van der Waals surface area contributed by atoms with E-state index in [2.05, 4.69) is 10.2 Å². The van der Waals surface area contributed by atoms with Gasteiger partial charge in [0.25, 0.3) is 0 Å². The summed E-state index contributed by atoms with van der Waals surface area (Å²) in [6.07, 6.45) is 0. The molecule has 0 saturated heterocycles. The van der Waals surface area contributed by atoms with Crippen molar-refractivity contribution in [2.75, 3.05) is 39.5 Å². The monoisotopic (exact) mass is 283 g/mol. The number of benzene rings is 1. The lowest BCUT2D eigenvalue weighted by molar-refractivity contribution is -0.128. The fraction of sp³-hybridized carbons (Fsp3) is 0.500. The number of nitrogens with one attached hydrogen (secondary N) is 1. The maximum atomic E-state index is 11.2. The van der Waals surface area contributed by atoms with Gasteiger partial charge in [-0.3, -0.25) is 4.79 Å². The van der Waals surface area contributed by atoms with Gasteiger partial charge in [-0.1, -0.05) is 17.7 Å². The van der Waals surface area contributed by atoms with Gasteiger partial charge in [0.15, 0.2) is 0 Å². The Morgan fingerprint density at radius 2 is 2.00 bits per heavy atom. The lowest BCUT2D eigenvalue weighted by Gasteiger charge is -2.16. The van der Waals surface area contributed by atoms with Crippen LogP contribution in [0.4, 0.5) is 5.69 Å². The zero-order valence-corrected chi connectivity index (χ0v) is 12.8. The second kappa shape index (κ2) is 7.36. The molecule has 0 aliphatic rings. The third-order valence-electron chi connectivity index (χ3n) is 2.87. The normalized spacial score (nSPS) is 10.6. The highest BCUT2D eigenvalue weighted by molar-refractivity contribution is 6.33. The van der Waals surface area contributed by atoms with E-state index in [1.807, 2.05) is 32.3 Å². The van der Waals surface area contributed by atoms with Crippen LogP contribution in [0.25, 0.3) is 0 Å². The molecule has 0 saturated carbocycles. The highest BCUT2D eigenvalue weighted by atomic mass is 35.5. The molecule has 0 heterocycles. The highest BCUT2D eigenvalue weighted by Crippen LogP contribution is 2.23. The Balaban J connectivity index is 2.61. The van der Waals surface area contributed by atoms with Gasteiger partial charge in [0.2, 0.25) is 5.91 Å². The van der Waals surface area contributed by atoms with E-state index in [4.69, 9.17) is 11.6 Å². The standard InChI is InChI=1S/C14H22ClN3O/c1-11(19)18(4)10-12-5-6-14(13(15)9-12)16-7-8-17(2)3/h5-6,9,16H,7-8,10H2,1-4H3. The topological polar surface area (TPSA) is 35.6 Å². The van der Waals surface area contributed by atoms with Crippen LogP contribution in [0, 0.1) is 0 Å². The summed E-state index contributed by atoms with van der Waals surface area (Å²) < 4.78 is 0. The molecule has 1 rings (SSSR count). The molecule has 0 atom stereocenters. The fourth-order valence-electron chi connectivity index (χ4n) is 1.60. The molecular formula is C14H22ClN3O. The average Bonchev–Trinajstić information content (AvgIpc) is 2.31. The van der Waals surface area contributed by atoms with E-state index in [1.165, 1.54) is 0 Å². The second-order valence-electron chi connectivity index (χ2n) is 4.92. The van der Waals surface area contributed by atoms with Crippen LogP contribution >= 0.6 is 11.6 Å². The minimum atomic E-state index is 0.0457. The van der Waals surface area contributed by atoms with Gasteiger partial charge in [-0.15, -0.1) is 0 Å². The van der Waals surface area contributed by atoms with Crippen molar-refractivity contribution >= 4 is 23.2 Å². The summed E-state index contributed by atoms with van der Waals surface area (Å²) in [6, 6.07) is 5.85. The largest absolute Gasteiger partial charge is 0.383 e. The van der Waals surface area contributed by atoms with Crippen LogP contribution in [0.3, 0.4) is 0 Å². The van der Waals surface area contributed by atoms with Crippen LogP contribution in [-0.4, -0.2) is 49.9 Å². The van der Waals surface area contributed by atoms with Gasteiger partial charge >= 0.3 is 0 Å². The average molecular weight is 284 g/mol. The van der Waals surface area contributed by atoms with Crippen molar-refractivity contribution < 1.29 is 4.79 Å². The molecule has 0 aromatic heterocycles. The molecule has 0 radical (unpaired) electrons. The van der Waals surface area contributed by atoms with Crippen LogP contribution < -0.4 is 5.32 Å². The maximum Gasteiger partial charge on any atom is 0.219 e. The number of likely N-dealkylation sites (N-methyl/N-ethyl adjacent to an activating group) is 1. The predicted molar refractivity (Wildman–Crippen MR) is 80.6 cm³/mol. The van der Waals surface area contributed by atoms with Crippen molar-refractivity contribution in [2.24, 2.45) is 0 Å². The van der Waals surface area contributed by atoms with Crippen molar-refractivity contribution in [1.29, 1.82) is 0 Å². The molecule has 1 aromatic carbocycles. The first kappa shape index (κ1) is 15.8. The molecule has 19 heavy (non-hydrogen) atoms. The molecule has 106 valence electrons. The number of hydrogen-bond acceptors (Lipinski definition) is 3. The maximum absolute atomic E-state index is 11.2. The van der Waals surface area contributed by atoms with Gasteiger partial charge in [0.1, 0.15) is 0 Å². The minimum absolute atomic E-state index is 0.0457. The van der Waals surface area contributed by atoms with Gasteiger partial charge in [0, 0.05) is 33.6 Å². The molecule has 0 aliphatic heterocycles. The van der Waals surface area contributed by atoms with Crippen LogP contribution in [-0.2, 0) is 11.3 Å². The highest BCUT2D eigenvalue weighted by Gasteiger charge is 2.06. The van der Waals surface area contributed by atoms with Crippen molar-refractivity contribution in [1.82, 2.24) is 9.80 Å². The minimum Gasteiger partial charge on any atom is -0.383 e. The number of nitrogens with zero attached hydrogens (tertiary/aromatic N) is 2. The van der Waals surface area contributed by atoms with E-state index in [0.717, 1.165) is 24.3 Å². The Bertz CT molecular complexity index is 435. The summed E-state index contributed by atoms with van der Waals surface area (Å²) in [5, 5.41) is 3.98. The first-order valence-electron chi connectivity index (χ1n) is 6.29. The van der Waals surface area contributed by atoms with E-state index in [9.17, 15) is 4.79 Å². The molecule has 0 unspecified atom stereocenters. The molecule has 0 fully saturated rings. The number of amides is 1. The number of halogens is 1. The predicted octanol–water partition coefficient (Wildman–Crippen LogP) is 2.29. The molecule has 1 amide bonds. The van der Waals surface area contributed by atoms with E-state index < -0.39 is 0 Å². The third kappa shape index (κ3) is 5.49. The number of carbonyl (C=O) groups is 1. The van der Waals surface area contributed by atoms with Gasteiger partial charge in [-0.05, 0) is 31.8 Å². The number of carbonyl (C=O) groups excluding carboxylic acids is 1. The van der Waals surface area contributed by atoms with Crippen LogP contribution in [0.5, 0.6) is 0 Å². The fourth-order valence-corrected chi connectivity index (χ4v) is 1.87. The molecular weight excluding hydrogens is 262 g/mol. The van der Waals surface area contributed by atoms with Crippen LogP contribution in [0.1, 0.15) is 12.5 Å². The van der Waals surface area contributed by atoms with Gasteiger partial charge in [-0.2, -0.15) is 0 Å². The van der Waals surface area contributed by atoms with Crippen molar-refractivity contribution in [3.05, 3.63) is 28.8 Å². The Morgan fingerprint density at radius 3 is 2.53 bits per heavy atom. The summed E-state index contributed by atoms with van der Waals surface area (Å²) in [5.74, 6) is 0.0457. The Morgan fingerprint density at radius 1 is 1.32 bits per heavy atom. The zero-order chi connectivity index (χ0) is 14.4.